The highest BCUT2D eigenvalue weighted by atomic mass is 16.5. The number of carbonyl (C=O) groups excluding carboxylic acids is 1. The van der Waals surface area contributed by atoms with Gasteiger partial charge in [-0.1, -0.05) is 65.7 Å². The third-order valence-electron chi connectivity index (χ3n) is 3.23. The fraction of sp³-hybridized carbons (Fsp3) is 0.933. The van der Waals surface area contributed by atoms with Gasteiger partial charge in [0, 0.05) is 0 Å². The first kappa shape index (κ1) is 17.4. The molecule has 0 aromatic heterocycles. The molecule has 0 amide bonds. The molecule has 0 aromatic carbocycles. The Bertz CT molecular complexity index is 205. The van der Waals surface area contributed by atoms with Crippen molar-refractivity contribution in [3.8, 4) is 0 Å². The third-order valence-corrected chi connectivity index (χ3v) is 3.23. The molecule has 0 spiro atoms. The molecule has 0 aliphatic rings. The minimum absolute atomic E-state index is 0.149. The second-order valence-corrected chi connectivity index (χ2v) is 5.41. The molecule has 0 rings (SSSR count). The van der Waals surface area contributed by atoms with E-state index in [-0.39, 0.29) is 11.9 Å². The maximum Gasteiger partial charge on any atom is 0.323 e. The molecule has 0 bridgehead atoms. The molecule has 18 heavy (non-hydrogen) atoms. The van der Waals surface area contributed by atoms with Crippen LogP contribution in [-0.4, -0.2) is 18.6 Å². The van der Waals surface area contributed by atoms with Gasteiger partial charge in [-0.25, -0.2) is 0 Å². The van der Waals surface area contributed by atoms with Crippen LogP contribution in [0, 0.1) is 5.92 Å². The molecule has 0 heterocycles. The summed E-state index contributed by atoms with van der Waals surface area (Å²) >= 11 is 0. The van der Waals surface area contributed by atoms with Crippen LogP contribution in [0.2, 0.25) is 0 Å². The molecule has 108 valence electrons. The molecule has 2 N–H and O–H groups in total. The standard InChI is InChI=1S/C15H31NO2/c1-4-5-6-7-8-9-10-11-12-18-15(17)14(16)13(2)3/h13-14H,4-12,16H2,1-3H3/t14-/m1/s1. The first-order valence-electron chi connectivity index (χ1n) is 7.51. The van der Waals surface area contributed by atoms with Gasteiger partial charge >= 0.3 is 5.97 Å². The molecule has 1 atom stereocenters. The molecular weight excluding hydrogens is 226 g/mol. The Morgan fingerprint density at radius 2 is 1.50 bits per heavy atom. The number of esters is 1. The maximum absolute atomic E-state index is 11.4. The van der Waals surface area contributed by atoms with E-state index in [2.05, 4.69) is 6.92 Å². The average molecular weight is 257 g/mol. The Morgan fingerprint density at radius 1 is 1.00 bits per heavy atom. The number of rotatable bonds is 11. The molecule has 3 heteroatoms. The highest BCUT2D eigenvalue weighted by molar-refractivity contribution is 5.75. The fourth-order valence-corrected chi connectivity index (χ4v) is 1.78. The summed E-state index contributed by atoms with van der Waals surface area (Å²) in [6.07, 6.45) is 10.0. The fourth-order valence-electron chi connectivity index (χ4n) is 1.78. The van der Waals surface area contributed by atoms with E-state index < -0.39 is 6.04 Å². The predicted octanol–water partition coefficient (Wildman–Crippen LogP) is 3.65. The van der Waals surface area contributed by atoms with E-state index in [1.807, 2.05) is 13.8 Å². The zero-order valence-corrected chi connectivity index (χ0v) is 12.4. The molecule has 0 aliphatic heterocycles. The number of unbranched alkanes of at least 4 members (excludes halogenated alkanes) is 7. The van der Waals surface area contributed by atoms with E-state index in [9.17, 15) is 4.79 Å². The number of carbonyl (C=O) groups is 1. The lowest BCUT2D eigenvalue weighted by Gasteiger charge is -2.14. The minimum Gasteiger partial charge on any atom is -0.465 e. The van der Waals surface area contributed by atoms with Crippen molar-refractivity contribution in [3.63, 3.8) is 0 Å². The molecular formula is C15H31NO2. The Kier molecular flexibility index (Phi) is 11.2. The number of hydrogen-bond acceptors (Lipinski definition) is 3. The molecule has 0 saturated carbocycles. The maximum atomic E-state index is 11.4. The van der Waals surface area contributed by atoms with Gasteiger partial charge in [-0.2, -0.15) is 0 Å². The van der Waals surface area contributed by atoms with Gasteiger partial charge in [-0.05, 0) is 12.3 Å². The molecule has 0 radical (unpaired) electrons. The number of hydrogen-bond donors (Lipinski definition) is 1. The predicted molar refractivity (Wildman–Crippen MR) is 76.4 cm³/mol. The van der Waals surface area contributed by atoms with Crippen LogP contribution >= 0.6 is 0 Å². The minimum atomic E-state index is -0.473. The molecule has 0 aromatic rings. The molecule has 3 nitrogen and oxygen atoms in total. The average Bonchev–Trinajstić information content (AvgIpc) is 2.35. The lowest BCUT2D eigenvalue weighted by molar-refractivity contribution is -0.146. The Hall–Kier alpha value is -0.570. The van der Waals surface area contributed by atoms with Crippen molar-refractivity contribution < 1.29 is 9.53 Å². The summed E-state index contributed by atoms with van der Waals surface area (Å²) in [5.41, 5.74) is 5.69. The topological polar surface area (TPSA) is 52.3 Å². The van der Waals surface area contributed by atoms with Crippen molar-refractivity contribution in [1.82, 2.24) is 0 Å². The smallest absolute Gasteiger partial charge is 0.323 e. The summed E-state index contributed by atoms with van der Waals surface area (Å²) in [6, 6.07) is -0.473. The van der Waals surface area contributed by atoms with E-state index in [1.165, 1.54) is 38.5 Å². The van der Waals surface area contributed by atoms with Crippen LogP contribution in [0.15, 0.2) is 0 Å². The van der Waals surface area contributed by atoms with Crippen molar-refractivity contribution in [2.45, 2.75) is 78.2 Å². The Morgan fingerprint density at radius 3 is 2.00 bits per heavy atom. The van der Waals surface area contributed by atoms with Crippen molar-refractivity contribution in [1.29, 1.82) is 0 Å². The summed E-state index contributed by atoms with van der Waals surface area (Å²) < 4.78 is 5.15. The van der Waals surface area contributed by atoms with E-state index in [1.54, 1.807) is 0 Å². The monoisotopic (exact) mass is 257 g/mol. The number of nitrogens with two attached hydrogens (primary N) is 1. The third kappa shape index (κ3) is 9.46. The van der Waals surface area contributed by atoms with Crippen LogP contribution < -0.4 is 5.73 Å². The van der Waals surface area contributed by atoms with Gasteiger partial charge in [0.2, 0.25) is 0 Å². The van der Waals surface area contributed by atoms with Gasteiger partial charge in [-0.3, -0.25) is 4.79 Å². The Labute approximate surface area is 112 Å². The Balaban J connectivity index is 3.27. The van der Waals surface area contributed by atoms with Crippen molar-refractivity contribution in [2.24, 2.45) is 11.7 Å². The molecule has 0 saturated heterocycles. The molecule has 0 aliphatic carbocycles. The van der Waals surface area contributed by atoms with Crippen LogP contribution in [-0.2, 0) is 9.53 Å². The van der Waals surface area contributed by atoms with Crippen molar-refractivity contribution in [2.75, 3.05) is 6.61 Å². The van der Waals surface area contributed by atoms with E-state index in [0.717, 1.165) is 12.8 Å². The van der Waals surface area contributed by atoms with E-state index in [4.69, 9.17) is 10.5 Å². The van der Waals surface area contributed by atoms with Gasteiger partial charge in [0.15, 0.2) is 0 Å². The summed E-state index contributed by atoms with van der Waals surface area (Å²) in [7, 11) is 0. The van der Waals surface area contributed by atoms with Crippen molar-refractivity contribution >= 4 is 5.97 Å². The van der Waals surface area contributed by atoms with E-state index >= 15 is 0 Å². The molecule has 0 unspecified atom stereocenters. The lowest BCUT2D eigenvalue weighted by Crippen LogP contribution is -2.37. The molecule has 0 fully saturated rings. The van der Waals surface area contributed by atoms with Crippen LogP contribution in [0.5, 0.6) is 0 Å². The zero-order chi connectivity index (χ0) is 13.8. The van der Waals surface area contributed by atoms with Gasteiger partial charge in [0.25, 0.3) is 0 Å². The van der Waals surface area contributed by atoms with Crippen LogP contribution in [0.25, 0.3) is 0 Å². The van der Waals surface area contributed by atoms with Gasteiger partial charge in [0.1, 0.15) is 6.04 Å². The summed E-state index contributed by atoms with van der Waals surface area (Å²) in [4.78, 5) is 11.4. The van der Waals surface area contributed by atoms with Crippen molar-refractivity contribution in [3.05, 3.63) is 0 Å². The quantitative estimate of drug-likeness (QED) is 0.454. The first-order valence-corrected chi connectivity index (χ1v) is 7.51. The zero-order valence-electron chi connectivity index (χ0n) is 12.4. The normalized spacial score (nSPS) is 12.7. The van der Waals surface area contributed by atoms with Crippen LogP contribution in [0.1, 0.15) is 72.1 Å². The second kappa shape index (κ2) is 11.5. The second-order valence-electron chi connectivity index (χ2n) is 5.41. The van der Waals surface area contributed by atoms with Gasteiger partial charge in [0.05, 0.1) is 6.61 Å². The summed E-state index contributed by atoms with van der Waals surface area (Å²) in [6.45, 7) is 6.62. The lowest BCUT2D eigenvalue weighted by atomic mass is 10.1. The van der Waals surface area contributed by atoms with Gasteiger partial charge in [-0.15, -0.1) is 0 Å². The first-order chi connectivity index (χ1) is 8.59. The summed E-state index contributed by atoms with van der Waals surface area (Å²) in [5, 5.41) is 0. The van der Waals surface area contributed by atoms with Crippen LogP contribution in [0.3, 0.4) is 0 Å². The largest absolute Gasteiger partial charge is 0.465 e. The summed E-state index contributed by atoms with van der Waals surface area (Å²) in [5.74, 6) is -0.107. The highest BCUT2D eigenvalue weighted by Crippen LogP contribution is 2.08. The van der Waals surface area contributed by atoms with E-state index in [0.29, 0.717) is 6.61 Å². The van der Waals surface area contributed by atoms with Crippen LogP contribution in [0.4, 0.5) is 0 Å². The SMILES string of the molecule is CCCCCCCCCCOC(=O)[C@H](N)C(C)C. The number of ether oxygens (including phenoxy) is 1. The van der Waals surface area contributed by atoms with Gasteiger partial charge < -0.3 is 10.5 Å². The highest BCUT2D eigenvalue weighted by Gasteiger charge is 2.18.